The molecule has 0 fully saturated rings. The minimum absolute atomic E-state index is 0.471. The van der Waals surface area contributed by atoms with E-state index < -0.39 is 0 Å². The normalized spacial score (nSPS) is 12.3. The molecule has 0 aliphatic carbocycles. The van der Waals surface area contributed by atoms with Crippen LogP contribution in [0.15, 0.2) is 73.1 Å². The Labute approximate surface area is 212 Å². The molecule has 5 nitrogen and oxygen atoms in total. The molecule has 4 aromatic rings. The molecule has 5 heteroatoms. The maximum Gasteiger partial charge on any atom is 0.161 e. The van der Waals surface area contributed by atoms with Crippen LogP contribution in [0.5, 0.6) is 23.0 Å². The van der Waals surface area contributed by atoms with Gasteiger partial charge in [0.25, 0.3) is 0 Å². The number of hydrogen-bond donors (Lipinski definition) is 0. The van der Waals surface area contributed by atoms with Gasteiger partial charge in [0.15, 0.2) is 11.5 Å². The van der Waals surface area contributed by atoms with Gasteiger partial charge in [-0.1, -0.05) is 37.3 Å². The van der Waals surface area contributed by atoms with Gasteiger partial charge < -0.3 is 18.9 Å². The van der Waals surface area contributed by atoms with Crippen molar-refractivity contribution in [3.8, 4) is 34.1 Å². The summed E-state index contributed by atoms with van der Waals surface area (Å²) in [5.41, 5.74) is 7.89. The van der Waals surface area contributed by atoms with Crippen molar-refractivity contribution < 1.29 is 18.9 Å². The lowest BCUT2D eigenvalue weighted by Crippen LogP contribution is -2.15. The second kappa shape index (κ2) is 10.7. The summed E-state index contributed by atoms with van der Waals surface area (Å²) in [5.74, 6) is 3.28. The molecule has 0 atom stereocenters. The molecule has 184 valence electrons. The summed E-state index contributed by atoms with van der Waals surface area (Å²) >= 11 is 0. The van der Waals surface area contributed by atoms with E-state index in [-0.39, 0.29) is 0 Å². The zero-order valence-electron chi connectivity index (χ0n) is 21.0. The minimum Gasteiger partial charge on any atom is -0.488 e. The Balaban J connectivity index is 1.35. The number of aromatic nitrogens is 1. The van der Waals surface area contributed by atoms with Gasteiger partial charge in [-0.05, 0) is 77.9 Å². The van der Waals surface area contributed by atoms with Crippen LogP contribution in [0.4, 0.5) is 0 Å². The summed E-state index contributed by atoms with van der Waals surface area (Å²) in [7, 11) is 0. The van der Waals surface area contributed by atoms with Crippen molar-refractivity contribution in [3.63, 3.8) is 0 Å². The van der Waals surface area contributed by atoms with Crippen molar-refractivity contribution in [3.05, 3.63) is 101 Å². The Kier molecular flexibility index (Phi) is 7.08. The zero-order chi connectivity index (χ0) is 24.9. The third kappa shape index (κ3) is 5.15. The van der Waals surface area contributed by atoms with E-state index in [1.165, 1.54) is 11.1 Å². The molecule has 1 aliphatic rings. The first-order valence-corrected chi connectivity index (χ1v) is 12.4. The van der Waals surface area contributed by atoms with Crippen LogP contribution in [0, 0.1) is 13.8 Å². The van der Waals surface area contributed by atoms with Gasteiger partial charge in [-0.2, -0.15) is 0 Å². The van der Waals surface area contributed by atoms with Crippen molar-refractivity contribution >= 4 is 0 Å². The molecule has 1 aromatic heterocycles. The monoisotopic (exact) mass is 481 g/mol. The van der Waals surface area contributed by atoms with E-state index in [1.54, 1.807) is 6.20 Å². The van der Waals surface area contributed by atoms with Crippen LogP contribution < -0.4 is 18.9 Å². The number of rotatable bonds is 8. The van der Waals surface area contributed by atoms with Gasteiger partial charge in [-0.3, -0.25) is 4.98 Å². The minimum atomic E-state index is 0.471. The van der Waals surface area contributed by atoms with Crippen LogP contribution in [-0.2, 0) is 19.6 Å². The number of benzene rings is 3. The Morgan fingerprint density at radius 2 is 1.64 bits per heavy atom. The first-order valence-electron chi connectivity index (χ1n) is 12.4. The van der Waals surface area contributed by atoms with Crippen LogP contribution in [0.25, 0.3) is 11.1 Å². The number of fused-ring (bicyclic) bond motifs is 1. The molecule has 0 amide bonds. The van der Waals surface area contributed by atoms with Gasteiger partial charge in [0.2, 0.25) is 0 Å². The Bertz CT molecular complexity index is 1350. The number of aryl methyl sites for hydroxylation is 2. The molecule has 0 unspecified atom stereocenters. The summed E-state index contributed by atoms with van der Waals surface area (Å²) in [6.45, 7) is 8.47. The smallest absolute Gasteiger partial charge is 0.161 e. The Morgan fingerprint density at radius 3 is 2.44 bits per heavy atom. The molecule has 0 spiro atoms. The molecular formula is C31H31NO4. The Hall–Kier alpha value is -3.99. The van der Waals surface area contributed by atoms with E-state index in [1.807, 2.05) is 30.5 Å². The van der Waals surface area contributed by atoms with E-state index in [4.69, 9.17) is 18.9 Å². The fourth-order valence-electron chi connectivity index (χ4n) is 4.46. The summed E-state index contributed by atoms with van der Waals surface area (Å²) in [4.78, 5) is 4.17. The summed E-state index contributed by atoms with van der Waals surface area (Å²) < 4.78 is 24.0. The molecule has 0 radical (unpaired) electrons. The molecule has 36 heavy (non-hydrogen) atoms. The summed E-state index contributed by atoms with van der Waals surface area (Å²) in [5, 5.41) is 0. The van der Waals surface area contributed by atoms with Gasteiger partial charge in [-0.15, -0.1) is 0 Å². The molecule has 0 saturated carbocycles. The van der Waals surface area contributed by atoms with Crippen LogP contribution in [-0.4, -0.2) is 18.2 Å². The first kappa shape index (κ1) is 23.7. The number of pyridine rings is 1. The first-order chi connectivity index (χ1) is 17.6. The summed E-state index contributed by atoms with van der Waals surface area (Å²) in [6.07, 6.45) is 4.48. The number of ether oxygens (including phenoxy) is 4. The Morgan fingerprint density at radius 1 is 0.806 bits per heavy atom. The molecule has 2 heterocycles. The van der Waals surface area contributed by atoms with E-state index in [9.17, 15) is 0 Å². The quantitative estimate of drug-likeness (QED) is 0.275. The summed E-state index contributed by atoms with van der Waals surface area (Å²) in [6, 6.07) is 20.6. The van der Waals surface area contributed by atoms with Crippen LogP contribution in [0.1, 0.15) is 34.7 Å². The van der Waals surface area contributed by atoms with Crippen molar-refractivity contribution in [2.75, 3.05) is 13.2 Å². The van der Waals surface area contributed by atoms with Crippen LogP contribution in [0.3, 0.4) is 0 Å². The predicted octanol–water partition coefficient (Wildman–Crippen LogP) is 6.86. The molecule has 3 aromatic carbocycles. The lowest BCUT2D eigenvalue weighted by atomic mass is 9.96. The fraction of sp³-hybridized carbons (Fsp3) is 0.258. The van der Waals surface area contributed by atoms with Gasteiger partial charge in [0, 0.05) is 24.0 Å². The van der Waals surface area contributed by atoms with Crippen molar-refractivity contribution in [2.24, 2.45) is 0 Å². The van der Waals surface area contributed by atoms with E-state index >= 15 is 0 Å². The highest BCUT2D eigenvalue weighted by molar-refractivity contribution is 5.71. The van der Waals surface area contributed by atoms with Gasteiger partial charge in [-0.25, -0.2) is 0 Å². The lowest BCUT2D eigenvalue weighted by molar-refractivity contribution is 0.171. The van der Waals surface area contributed by atoms with E-state index in [0.717, 1.165) is 57.2 Å². The lowest BCUT2D eigenvalue weighted by Gasteiger charge is -2.20. The van der Waals surface area contributed by atoms with Gasteiger partial charge in [0.1, 0.15) is 37.9 Å². The third-order valence-electron chi connectivity index (χ3n) is 6.54. The molecular weight excluding hydrogens is 450 g/mol. The third-order valence-corrected chi connectivity index (χ3v) is 6.54. The highest BCUT2D eigenvalue weighted by Crippen LogP contribution is 2.36. The second-order valence-corrected chi connectivity index (χ2v) is 8.97. The van der Waals surface area contributed by atoms with Crippen LogP contribution in [0.2, 0.25) is 0 Å². The zero-order valence-corrected chi connectivity index (χ0v) is 21.0. The van der Waals surface area contributed by atoms with Crippen molar-refractivity contribution in [2.45, 2.75) is 40.4 Å². The van der Waals surface area contributed by atoms with Gasteiger partial charge >= 0.3 is 0 Å². The van der Waals surface area contributed by atoms with Crippen LogP contribution >= 0.6 is 0 Å². The second-order valence-electron chi connectivity index (χ2n) is 8.97. The average molecular weight is 482 g/mol. The molecule has 0 N–H and O–H groups in total. The number of hydrogen-bond acceptors (Lipinski definition) is 5. The topological polar surface area (TPSA) is 49.8 Å². The van der Waals surface area contributed by atoms with Crippen molar-refractivity contribution in [1.82, 2.24) is 4.98 Å². The predicted molar refractivity (Wildman–Crippen MR) is 141 cm³/mol. The molecule has 0 saturated heterocycles. The number of nitrogens with zero attached hydrogens (tertiary/aromatic N) is 1. The van der Waals surface area contributed by atoms with E-state index in [0.29, 0.717) is 26.4 Å². The van der Waals surface area contributed by atoms with E-state index in [2.05, 4.69) is 62.2 Å². The largest absolute Gasteiger partial charge is 0.488 e. The molecule has 1 aliphatic heterocycles. The highest BCUT2D eigenvalue weighted by Gasteiger charge is 2.15. The SMILES string of the molecule is CCc1cc(C)c(OCc2cccc(-c3ccc4c(c3)OCCO4)c2C)cc1OCc1cccnc1. The fourth-order valence-corrected chi connectivity index (χ4v) is 4.46. The highest BCUT2D eigenvalue weighted by atomic mass is 16.6. The van der Waals surface area contributed by atoms with Gasteiger partial charge in [0.05, 0.1) is 0 Å². The maximum absolute atomic E-state index is 6.34. The molecule has 0 bridgehead atoms. The maximum atomic E-state index is 6.34. The molecule has 5 rings (SSSR count). The standard InChI is InChI=1S/C31H31NO4/c1-4-24-15-21(2)29(17-30(24)35-19-23-7-6-12-32-18-23)36-20-26-8-5-9-27(22(26)3)25-10-11-28-31(16-25)34-14-13-33-28/h5-12,15-18H,4,13-14,19-20H2,1-3H3. The van der Waals surface area contributed by atoms with Crippen molar-refractivity contribution in [1.29, 1.82) is 0 Å². The average Bonchev–Trinajstić information content (AvgIpc) is 2.92.